The third-order valence-corrected chi connectivity index (χ3v) is 4.04. The number of anilines is 1. The molecule has 2 rings (SSSR count). The number of carbonyl (C=O) groups is 1. The van der Waals surface area contributed by atoms with E-state index in [2.05, 4.69) is 12.2 Å². The maximum absolute atomic E-state index is 12.9. The summed E-state index contributed by atoms with van der Waals surface area (Å²) < 4.78 is 12.9. The average Bonchev–Trinajstić information content (AvgIpc) is 2.40. The highest BCUT2D eigenvalue weighted by Gasteiger charge is 2.32. The molecule has 0 aliphatic heterocycles. The minimum atomic E-state index is -0.836. The van der Waals surface area contributed by atoms with Crippen molar-refractivity contribution in [2.24, 2.45) is 5.92 Å². The van der Waals surface area contributed by atoms with Crippen LogP contribution >= 0.6 is 0 Å². The van der Waals surface area contributed by atoms with Crippen molar-refractivity contribution in [3.63, 3.8) is 0 Å². The summed E-state index contributed by atoms with van der Waals surface area (Å²) in [5.74, 6) is -0.229. The van der Waals surface area contributed by atoms with Crippen LogP contribution in [-0.2, 0) is 0 Å². The van der Waals surface area contributed by atoms with Gasteiger partial charge in [-0.2, -0.15) is 0 Å². The molecule has 1 amide bonds. The first-order valence-electron chi connectivity index (χ1n) is 6.95. The molecule has 0 unspecified atom stereocenters. The van der Waals surface area contributed by atoms with Crippen LogP contribution in [0, 0.1) is 11.7 Å². The predicted molar refractivity (Wildman–Crippen MR) is 75.7 cm³/mol. The Morgan fingerprint density at radius 1 is 1.50 bits per heavy atom. The Balaban J connectivity index is 1.95. The molecule has 1 aromatic rings. The van der Waals surface area contributed by atoms with Gasteiger partial charge in [0.2, 0.25) is 0 Å². The Morgan fingerprint density at radius 3 is 2.75 bits per heavy atom. The van der Waals surface area contributed by atoms with E-state index in [9.17, 15) is 14.3 Å². The number of hydrogen-bond donors (Lipinski definition) is 3. The molecule has 5 heteroatoms. The average molecular weight is 280 g/mol. The zero-order valence-electron chi connectivity index (χ0n) is 11.7. The smallest absolute Gasteiger partial charge is 0.253 e. The highest BCUT2D eigenvalue weighted by molar-refractivity contribution is 5.99. The van der Waals surface area contributed by atoms with E-state index in [-0.39, 0.29) is 23.7 Å². The van der Waals surface area contributed by atoms with Crippen LogP contribution in [0.3, 0.4) is 0 Å². The molecule has 1 aliphatic rings. The SMILES string of the molecule is CC1CCC(O)(CNC(=O)c2ccc(F)cc2N)CC1. The number of carbonyl (C=O) groups excluding carboxylic acids is 1. The van der Waals surface area contributed by atoms with E-state index in [4.69, 9.17) is 5.73 Å². The number of nitrogens with two attached hydrogens (primary N) is 1. The number of amides is 1. The number of nitrogens with one attached hydrogen (secondary N) is 1. The van der Waals surface area contributed by atoms with Gasteiger partial charge in [-0.1, -0.05) is 6.92 Å². The lowest BCUT2D eigenvalue weighted by Crippen LogP contribution is -2.45. The van der Waals surface area contributed by atoms with Crippen LogP contribution < -0.4 is 11.1 Å². The van der Waals surface area contributed by atoms with Gasteiger partial charge in [-0.15, -0.1) is 0 Å². The molecule has 0 heterocycles. The second-order valence-corrected chi connectivity index (χ2v) is 5.82. The minimum absolute atomic E-state index is 0.103. The largest absolute Gasteiger partial charge is 0.398 e. The summed E-state index contributed by atoms with van der Waals surface area (Å²) in [7, 11) is 0. The Kier molecular flexibility index (Phi) is 4.28. The number of halogens is 1. The predicted octanol–water partition coefficient (Wildman–Crippen LogP) is 2.08. The first-order chi connectivity index (χ1) is 9.39. The summed E-state index contributed by atoms with van der Waals surface area (Å²) in [6.45, 7) is 2.37. The first kappa shape index (κ1) is 14.8. The fourth-order valence-corrected chi connectivity index (χ4v) is 2.56. The van der Waals surface area contributed by atoms with Gasteiger partial charge in [-0.3, -0.25) is 4.79 Å². The van der Waals surface area contributed by atoms with Crippen molar-refractivity contribution in [1.29, 1.82) is 0 Å². The van der Waals surface area contributed by atoms with E-state index in [1.54, 1.807) is 0 Å². The topological polar surface area (TPSA) is 75.3 Å². The van der Waals surface area contributed by atoms with Gasteiger partial charge in [0.15, 0.2) is 0 Å². The van der Waals surface area contributed by atoms with Gasteiger partial charge >= 0.3 is 0 Å². The van der Waals surface area contributed by atoms with Crippen molar-refractivity contribution >= 4 is 11.6 Å². The quantitative estimate of drug-likeness (QED) is 0.742. The van der Waals surface area contributed by atoms with Crippen molar-refractivity contribution in [1.82, 2.24) is 5.32 Å². The summed E-state index contributed by atoms with van der Waals surface area (Å²) in [6, 6.07) is 3.67. The number of benzene rings is 1. The lowest BCUT2D eigenvalue weighted by atomic mass is 9.79. The molecule has 0 bridgehead atoms. The van der Waals surface area contributed by atoms with E-state index in [0.29, 0.717) is 18.8 Å². The summed E-state index contributed by atoms with van der Waals surface area (Å²) in [5.41, 5.74) is 5.12. The number of aliphatic hydroxyl groups is 1. The number of rotatable bonds is 3. The van der Waals surface area contributed by atoms with Crippen molar-refractivity contribution in [3.05, 3.63) is 29.6 Å². The molecule has 110 valence electrons. The van der Waals surface area contributed by atoms with Crippen molar-refractivity contribution in [3.8, 4) is 0 Å². The fraction of sp³-hybridized carbons (Fsp3) is 0.533. The second kappa shape index (κ2) is 5.79. The Bertz CT molecular complexity index is 497. The third-order valence-electron chi connectivity index (χ3n) is 4.04. The molecule has 1 aromatic carbocycles. The summed E-state index contributed by atoms with van der Waals surface area (Å²) in [5, 5.41) is 13.1. The van der Waals surface area contributed by atoms with Gasteiger partial charge in [0, 0.05) is 12.2 Å². The molecule has 20 heavy (non-hydrogen) atoms. The standard InChI is InChI=1S/C15H21FN2O2/c1-10-4-6-15(20,7-5-10)9-18-14(19)12-3-2-11(16)8-13(12)17/h2-3,8,10,20H,4-7,9,17H2,1H3,(H,18,19). The molecule has 0 atom stereocenters. The number of nitrogen functional groups attached to an aromatic ring is 1. The van der Waals surface area contributed by atoms with Gasteiger partial charge < -0.3 is 16.2 Å². The van der Waals surface area contributed by atoms with Crippen LogP contribution in [0.4, 0.5) is 10.1 Å². The van der Waals surface area contributed by atoms with Gasteiger partial charge in [0.1, 0.15) is 5.82 Å². The van der Waals surface area contributed by atoms with Gasteiger partial charge in [0.05, 0.1) is 11.2 Å². The van der Waals surface area contributed by atoms with Crippen molar-refractivity contribution in [2.75, 3.05) is 12.3 Å². The molecule has 0 aromatic heterocycles. The lowest BCUT2D eigenvalue weighted by molar-refractivity contribution is -0.00539. The van der Waals surface area contributed by atoms with E-state index in [1.807, 2.05) is 0 Å². The van der Waals surface area contributed by atoms with Crippen LogP contribution in [0.2, 0.25) is 0 Å². The van der Waals surface area contributed by atoms with Crippen LogP contribution in [0.15, 0.2) is 18.2 Å². The molecule has 4 nitrogen and oxygen atoms in total. The second-order valence-electron chi connectivity index (χ2n) is 5.82. The fourth-order valence-electron chi connectivity index (χ4n) is 2.56. The molecule has 1 saturated carbocycles. The zero-order valence-corrected chi connectivity index (χ0v) is 11.7. The monoisotopic (exact) mass is 280 g/mol. The number of hydrogen-bond acceptors (Lipinski definition) is 3. The molecule has 0 radical (unpaired) electrons. The van der Waals surface area contributed by atoms with Crippen LogP contribution in [0.25, 0.3) is 0 Å². The molecule has 1 fully saturated rings. The molecule has 0 spiro atoms. The van der Waals surface area contributed by atoms with E-state index in [0.717, 1.165) is 18.9 Å². The van der Waals surface area contributed by atoms with Crippen LogP contribution in [-0.4, -0.2) is 23.2 Å². The molecule has 0 saturated heterocycles. The molecular weight excluding hydrogens is 259 g/mol. The van der Waals surface area contributed by atoms with Crippen molar-refractivity contribution in [2.45, 2.75) is 38.2 Å². The highest BCUT2D eigenvalue weighted by atomic mass is 19.1. The maximum atomic E-state index is 12.9. The zero-order chi connectivity index (χ0) is 14.8. The Labute approximate surface area is 118 Å². The highest BCUT2D eigenvalue weighted by Crippen LogP contribution is 2.31. The Morgan fingerprint density at radius 2 is 2.15 bits per heavy atom. The van der Waals surface area contributed by atoms with Crippen LogP contribution in [0.5, 0.6) is 0 Å². The first-order valence-corrected chi connectivity index (χ1v) is 6.95. The van der Waals surface area contributed by atoms with Gasteiger partial charge in [-0.25, -0.2) is 4.39 Å². The normalized spacial score (nSPS) is 26.2. The lowest BCUT2D eigenvalue weighted by Gasteiger charge is -2.35. The van der Waals surface area contributed by atoms with Gasteiger partial charge in [0.25, 0.3) is 5.91 Å². The summed E-state index contributed by atoms with van der Waals surface area (Å²) in [6.07, 6.45) is 3.30. The van der Waals surface area contributed by atoms with Gasteiger partial charge in [-0.05, 0) is 49.8 Å². The van der Waals surface area contributed by atoms with E-state index >= 15 is 0 Å². The summed E-state index contributed by atoms with van der Waals surface area (Å²) in [4.78, 5) is 12.0. The van der Waals surface area contributed by atoms with E-state index < -0.39 is 11.4 Å². The Hall–Kier alpha value is -1.62. The van der Waals surface area contributed by atoms with Crippen molar-refractivity contribution < 1.29 is 14.3 Å². The molecular formula is C15H21FN2O2. The summed E-state index contributed by atoms with van der Waals surface area (Å²) >= 11 is 0. The minimum Gasteiger partial charge on any atom is -0.398 e. The maximum Gasteiger partial charge on any atom is 0.253 e. The molecule has 4 N–H and O–H groups in total. The molecule has 1 aliphatic carbocycles. The van der Waals surface area contributed by atoms with E-state index in [1.165, 1.54) is 12.1 Å². The van der Waals surface area contributed by atoms with Crippen LogP contribution in [0.1, 0.15) is 43.0 Å². The third kappa shape index (κ3) is 3.48.